The lowest BCUT2D eigenvalue weighted by Gasteiger charge is -2.24. The second kappa shape index (κ2) is 7.14. The molecule has 1 N–H and O–H groups in total. The summed E-state index contributed by atoms with van der Waals surface area (Å²) in [7, 11) is 0. The van der Waals surface area contributed by atoms with Crippen LogP contribution in [0.4, 0.5) is 0 Å². The average molecular weight is 300 g/mol. The van der Waals surface area contributed by atoms with Crippen LogP contribution in [0.2, 0.25) is 0 Å². The molecule has 0 radical (unpaired) electrons. The van der Waals surface area contributed by atoms with Gasteiger partial charge in [0, 0.05) is 16.4 Å². The number of ether oxygens (including phenoxy) is 1. The van der Waals surface area contributed by atoms with Crippen LogP contribution in [-0.4, -0.2) is 19.7 Å². The minimum atomic E-state index is 0.178. The van der Waals surface area contributed by atoms with Crippen LogP contribution in [0.3, 0.4) is 0 Å². The molecule has 0 atom stereocenters. The van der Waals surface area contributed by atoms with Crippen molar-refractivity contribution < 1.29 is 4.74 Å². The molecule has 0 aliphatic rings. The molecule has 0 heterocycles. The molecule has 0 aliphatic carbocycles. The van der Waals surface area contributed by atoms with Crippen LogP contribution in [0.15, 0.2) is 28.7 Å². The highest BCUT2D eigenvalue weighted by molar-refractivity contribution is 9.10. The fraction of sp³-hybridized carbons (Fsp3) is 0.571. The summed E-state index contributed by atoms with van der Waals surface area (Å²) in [4.78, 5) is 0. The van der Waals surface area contributed by atoms with Crippen molar-refractivity contribution in [1.29, 1.82) is 0 Å². The largest absolute Gasteiger partial charge is 0.376 e. The fourth-order valence-corrected chi connectivity index (χ4v) is 1.97. The van der Waals surface area contributed by atoms with Gasteiger partial charge in [-0.3, -0.25) is 0 Å². The van der Waals surface area contributed by atoms with E-state index in [1.165, 1.54) is 5.56 Å². The Kier molecular flexibility index (Phi) is 6.17. The van der Waals surface area contributed by atoms with Gasteiger partial charge in [0.25, 0.3) is 0 Å². The maximum Gasteiger partial charge on any atom is 0.0728 e. The average Bonchev–Trinajstić information content (AvgIpc) is 2.29. The van der Waals surface area contributed by atoms with Gasteiger partial charge in [-0.1, -0.05) is 54.9 Å². The van der Waals surface area contributed by atoms with Crippen molar-refractivity contribution in [2.75, 3.05) is 19.7 Å². The molecule has 2 nitrogen and oxygen atoms in total. The van der Waals surface area contributed by atoms with E-state index in [0.29, 0.717) is 6.61 Å². The Hall–Kier alpha value is -0.380. The van der Waals surface area contributed by atoms with Gasteiger partial charge in [0.05, 0.1) is 13.2 Å². The van der Waals surface area contributed by atoms with Crippen molar-refractivity contribution >= 4 is 15.9 Å². The molecule has 3 heteroatoms. The molecule has 0 saturated heterocycles. The van der Waals surface area contributed by atoms with Gasteiger partial charge >= 0.3 is 0 Å². The van der Waals surface area contributed by atoms with Crippen LogP contribution >= 0.6 is 15.9 Å². The lowest BCUT2D eigenvalue weighted by molar-refractivity contribution is 0.0512. The number of nitrogens with one attached hydrogen (secondary N) is 1. The second-order valence-corrected chi connectivity index (χ2v) is 5.88. The van der Waals surface area contributed by atoms with Gasteiger partial charge in [0.1, 0.15) is 0 Å². The SMILES string of the molecule is CCNCC(C)(C)COCc1ccccc1Br. The third kappa shape index (κ3) is 5.66. The maximum atomic E-state index is 5.79. The van der Waals surface area contributed by atoms with E-state index in [0.717, 1.165) is 24.2 Å². The molecule has 0 unspecified atom stereocenters. The number of halogens is 1. The van der Waals surface area contributed by atoms with E-state index in [1.807, 2.05) is 18.2 Å². The fourth-order valence-electron chi connectivity index (χ4n) is 1.57. The molecule has 0 spiro atoms. The molecule has 0 amide bonds. The molecule has 1 aromatic rings. The quantitative estimate of drug-likeness (QED) is 0.830. The Balaban J connectivity index is 2.35. The van der Waals surface area contributed by atoms with Crippen molar-refractivity contribution in [3.05, 3.63) is 34.3 Å². The van der Waals surface area contributed by atoms with Crippen LogP contribution in [0, 0.1) is 5.41 Å². The van der Waals surface area contributed by atoms with Gasteiger partial charge in [0.15, 0.2) is 0 Å². The summed E-state index contributed by atoms with van der Waals surface area (Å²) in [5, 5.41) is 3.36. The van der Waals surface area contributed by atoms with E-state index in [-0.39, 0.29) is 5.41 Å². The Morgan fingerprint density at radius 1 is 1.29 bits per heavy atom. The second-order valence-electron chi connectivity index (χ2n) is 5.03. The molecule has 1 rings (SSSR count). The summed E-state index contributed by atoms with van der Waals surface area (Å²) in [6.07, 6.45) is 0. The zero-order chi connectivity index (χ0) is 12.7. The molecule has 0 saturated carbocycles. The third-order valence-electron chi connectivity index (χ3n) is 2.56. The minimum Gasteiger partial charge on any atom is -0.376 e. The highest BCUT2D eigenvalue weighted by Crippen LogP contribution is 2.19. The molecule has 96 valence electrons. The van der Waals surface area contributed by atoms with Gasteiger partial charge in [-0.2, -0.15) is 0 Å². The van der Waals surface area contributed by atoms with Gasteiger partial charge in [0.2, 0.25) is 0 Å². The molecule has 0 bridgehead atoms. The van der Waals surface area contributed by atoms with E-state index >= 15 is 0 Å². The lowest BCUT2D eigenvalue weighted by atomic mass is 9.95. The maximum absolute atomic E-state index is 5.79. The summed E-state index contributed by atoms with van der Waals surface area (Å²) in [6, 6.07) is 8.18. The van der Waals surface area contributed by atoms with Crippen molar-refractivity contribution in [3.63, 3.8) is 0 Å². The van der Waals surface area contributed by atoms with Crippen molar-refractivity contribution in [2.24, 2.45) is 5.41 Å². The van der Waals surface area contributed by atoms with Gasteiger partial charge in [-0.25, -0.2) is 0 Å². The highest BCUT2D eigenvalue weighted by Gasteiger charge is 2.17. The summed E-state index contributed by atoms with van der Waals surface area (Å²) in [5.74, 6) is 0. The summed E-state index contributed by atoms with van der Waals surface area (Å²) < 4.78 is 6.91. The molecule has 0 aliphatic heterocycles. The van der Waals surface area contributed by atoms with E-state index < -0.39 is 0 Å². The first-order chi connectivity index (χ1) is 8.05. The molecule has 0 fully saturated rings. The van der Waals surface area contributed by atoms with Crippen molar-refractivity contribution in [1.82, 2.24) is 5.32 Å². The minimum absolute atomic E-state index is 0.178. The summed E-state index contributed by atoms with van der Waals surface area (Å²) in [6.45, 7) is 9.98. The molecule has 17 heavy (non-hydrogen) atoms. The van der Waals surface area contributed by atoms with Gasteiger partial charge in [-0.05, 0) is 18.2 Å². The molecule has 0 aromatic heterocycles. The zero-order valence-corrected chi connectivity index (χ0v) is 12.5. The Labute approximate surface area is 113 Å². The van der Waals surface area contributed by atoms with Crippen LogP contribution < -0.4 is 5.32 Å². The van der Waals surface area contributed by atoms with Gasteiger partial charge in [-0.15, -0.1) is 0 Å². The lowest BCUT2D eigenvalue weighted by Crippen LogP contribution is -2.33. The highest BCUT2D eigenvalue weighted by atomic mass is 79.9. The summed E-state index contributed by atoms with van der Waals surface area (Å²) >= 11 is 3.53. The predicted molar refractivity (Wildman–Crippen MR) is 76.1 cm³/mol. The smallest absolute Gasteiger partial charge is 0.0728 e. The molecular weight excluding hydrogens is 278 g/mol. The standard InChI is InChI=1S/C14H22BrNO/c1-4-16-10-14(2,3)11-17-9-12-7-5-6-8-13(12)15/h5-8,16H,4,9-11H2,1-3H3. The van der Waals surface area contributed by atoms with E-state index in [4.69, 9.17) is 4.74 Å². The first kappa shape index (κ1) is 14.7. The first-order valence-corrected chi connectivity index (χ1v) is 6.86. The summed E-state index contributed by atoms with van der Waals surface area (Å²) in [5.41, 5.74) is 1.38. The van der Waals surface area contributed by atoms with Crippen LogP contribution in [-0.2, 0) is 11.3 Å². The zero-order valence-electron chi connectivity index (χ0n) is 10.9. The van der Waals surface area contributed by atoms with E-state index in [2.05, 4.69) is 48.1 Å². The van der Waals surface area contributed by atoms with Crippen molar-refractivity contribution in [2.45, 2.75) is 27.4 Å². The predicted octanol–water partition coefficient (Wildman–Crippen LogP) is 3.60. The number of rotatable bonds is 7. The Bertz CT molecular complexity index is 339. The van der Waals surface area contributed by atoms with Crippen LogP contribution in [0.25, 0.3) is 0 Å². The van der Waals surface area contributed by atoms with E-state index in [1.54, 1.807) is 0 Å². The van der Waals surface area contributed by atoms with Crippen LogP contribution in [0.1, 0.15) is 26.3 Å². The number of hydrogen-bond acceptors (Lipinski definition) is 2. The van der Waals surface area contributed by atoms with E-state index in [9.17, 15) is 0 Å². The molecule has 1 aromatic carbocycles. The van der Waals surface area contributed by atoms with Crippen LogP contribution in [0.5, 0.6) is 0 Å². The van der Waals surface area contributed by atoms with Gasteiger partial charge < -0.3 is 10.1 Å². The normalized spacial score (nSPS) is 11.8. The number of hydrogen-bond donors (Lipinski definition) is 1. The first-order valence-electron chi connectivity index (χ1n) is 6.07. The number of benzene rings is 1. The topological polar surface area (TPSA) is 21.3 Å². The monoisotopic (exact) mass is 299 g/mol. The third-order valence-corrected chi connectivity index (χ3v) is 3.34. The molecular formula is C14H22BrNO. The Morgan fingerprint density at radius 2 is 2.00 bits per heavy atom. The Morgan fingerprint density at radius 3 is 2.65 bits per heavy atom. The van der Waals surface area contributed by atoms with Crippen molar-refractivity contribution in [3.8, 4) is 0 Å².